The third kappa shape index (κ3) is 3.56. The zero-order valence-electron chi connectivity index (χ0n) is 11.7. The van der Waals surface area contributed by atoms with Crippen LogP contribution in [0.4, 0.5) is 0 Å². The molecule has 0 amide bonds. The summed E-state index contributed by atoms with van der Waals surface area (Å²) in [7, 11) is 0. The second-order valence-corrected chi connectivity index (χ2v) is 6.10. The minimum atomic E-state index is -0.0606. The number of aromatic nitrogens is 3. The van der Waals surface area contributed by atoms with E-state index in [1.54, 1.807) is 23.5 Å². The van der Waals surface area contributed by atoms with Crippen LogP contribution in [0.25, 0.3) is 0 Å². The zero-order chi connectivity index (χ0) is 14.4. The van der Waals surface area contributed by atoms with Crippen molar-refractivity contribution in [2.75, 3.05) is 6.26 Å². The van der Waals surface area contributed by atoms with Gasteiger partial charge < -0.3 is 9.67 Å². The van der Waals surface area contributed by atoms with Crippen molar-refractivity contribution in [3.63, 3.8) is 0 Å². The number of aliphatic hydroxyl groups is 1. The number of hydrogen-bond donors (Lipinski definition) is 1. The van der Waals surface area contributed by atoms with Crippen LogP contribution in [0.15, 0.2) is 34.3 Å². The van der Waals surface area contributed by atoms with Gasteiger partial charge in [0.15, 0.2) is 11.0 Å². The first-order valence-electron chi connectivity index (χ1n) is 6.57. The van der Waals surface area contributed by atoms with Crippen LogP contribution in [0.5, 0.6) is 0 Å². The molecule has 0 bridgehead atoms. The second kappa shape index (κ2) is 7.71. The normalized spacial score (nSPS) is 10.9. The maximum atomic E-state index is 9.29. The van der Waals surface area contributed by atoms with Gasteiger partial charge in [-0.15, -0.1) is 22.0 Å². The Morgan fingerprint density at radius 3 is 2.75 bits per heavy atom. The van der Waals surface area contributed by atoms with Gasteiger partial charge in [-0.05, 0) is 24.3 Å². The highest BCUT2D eigenvalue weighted by molar-refractivity contribution is 7.99. The number of nitrogens with zero attached hydrogens (tertiary/aromatic N) is 3. The van der Waals surface area contributed by atoms with E-state index in [0.29, 0.717) is 5.82 Å². The van der Waals surface area contributed by atoms with Crippen molar-refractivity contribution < 1.29 is 5.11 Å². The van der Waals surface area contributed by atoms with Crippen LogP contribution < -0.4 is 0 Å². The van der Waals surface area contributed by atoms with Crippen LogP contribution in [-0.4, -0.2) is 26.1 Å². The number of thioether (sulfide) groups is 2. The molecule has 1 aromatic heterocycles. The van der Waals surface area contributed by atoms with Gasteiger partial charge in [-0.1, -0.05) is 36.9 Å². The maximum Gasteiger partial charge on any atom is 0.191 e. The molecule has 1 N–H and O–H groups in total. The van der Waals surface area contributed by atoms with Gasteiger partial charge in [-0.3, -0.25) is 0 Å². The molecule has 0 aliphatic heterocycles. The van der Waals surface area contributed by atoms with E-state index in [4.69, 9.17) is 0 Å². The molecule has 0 radical (unpaired) electrons. The third-order valence-corrected chi connectivity index (χ3v) is 4.79. The first kappa shape index (κ1) is 15.4. The van der Waals surface area contributed by atoms with E-state index < -0.39 is 0 Å². The summed E-state index contributed by atoms with van der Waals surface area (Å²) in [5.41, 5.74) is 1.31. The lowest BCUT2D eigenvalue weighted by atomic mass is 10.2. The highest BCUT2D eigenvalue weighted by Crippen LogP contribution is 2.27. The molecule has 0 saturated heterocycles. The van der Waals surface area contributed by atoms with Gasteiger partial charge in [0, 0.05) is 17.2 Å². The lowest BCUT2D eigenvalue weighted by Gasteiger charge is -2.09. The highest BCUT2D eigenvalue weighted by Gasteiger charge is 2.12. The molecule has 0 fully saturated rings. The minimum absolute atomic E-state index is 0.0606. The SMILES string of the molecule is CCCn1c(CO)nnc1SCc1ccccc1SC. The van der Waals surface area contributed by atoms with Crippen molar-refractivity contribution in [1.82, 2.24) is 14.8 Å². The topological polar surface area (TPSA) is 50.9 Å². The third-order valence-electron chi connectivity index (χ3n) is 2.93. The van der Waals surface area contributed by atoms with Crippen LogP contribution in [0, 0.1) is 0 Å². The average molecular weight is 309 g/mol. The molecule has 0 aliphatic rings. The summed E-state index contributed by atoms with van der Waals surface area (Å²) in [4.78, 5) is 1.30. The standard InChI is InChI=1S/C14H19N3OS2/c1-3-8-17-13(9-18)15-16-14(17)20-10-11-6-4-5-7-12(11)19-2/h4-7,18H,3,8-10H2,1-2H3. The summed E-state index contributed by atoms with van der Waals surface area (Å²) in [5, 5.41) is 18.4. The number of benzene rings is 1. The quantitative estimate of drug-likeness (QED) is 0.796. The minimum Gasteiger partial charge on any atom is -0.388 e. The van der Waals surface area contributed by atoms with Gasteiger partial charge in [-0.2, -0.15) is 0 Å². The van der Waals surface area contributed by atoms with Crippen molar-refractivity contribution in [3.8, 4) is 0 Å². The molecule has 108 valence electrons. The lowest BCUT2D eigenvalue weighted by molar-refractivity contribution is 0.263. The van der Waals surface area contributed by atoms with Crippen molar-refractivity contribution in [1.29, 1.82) is 0 Å². The first-order valence-corrected chi connectivity index (χ1v) is 8.78. The molecular formula is C14H19N3OS2. The summed E-state index contributed by atoms with van der Waals surface area (Å²) >= 11 is 3.43. The van der Waals surface area contributed by atoms with Crippen LogP contribution in [0.3, 0.4) is 0 Å². The van der Waals surface area contributed by atoms with Gasteiger partial charge in [-0.25, -0.2) is 0 Å². The van der Waals surface area contributed by atoms with E-state index >= 15 is 0 Å². The Balaban J connectivity index is 2.12. The number of hydrogen-bond acceptors (Lipinski definition) is 5. The van der Waals surface area contributed by atoms with Crippen LogP contribution in [-0.2, 0) is 18.9 Å². The fourth-order valence-electron chi connectivity index (χ4n) is 1.96. The van der Waals surface area contributed by atoms with Gasteiger partial charge in [0.2, 0.25) is 0 Å². The molecule has 1 heterocycles. The molecule has 0 atom stereocenters. The van der Waals surface area contributed by atoms with Crippen molar-refractivity contribution in [3.05, 3.63) is 35.7 Å². The van der Waals surface area contributed by atoms with Crippen LogP contribution >= 0.6 is 23.5 Å². The van der Waals surface area contributed by atoms with Gasteiger partial charge in [0.1, 0.15) is 6.61 Å². The Labute approximate surface area is 128 Å². The Morgan fingerprint density at radius 1 is 1.25 bits per heavy atom. The Morgan fingerprint density at radius 2 is 2.05 bits per heavy atom. The monoisotopic (exact) mass is 309 g/mol. The molecule has 0 aliphatic carbocycles. The summed E-state index contributed by atoms with van der Waals surface area (Å²) in [6.07, 6.45) is 3.09. The van der Waals surface area contributed by atoms with Gasteiger partial charge in [0.05, 0.1) is 0 Å². The Bertz CT molecular complexity index is 557. The second-order valence-electron chi connectivity index (χ2n) is 4.31. The molecule has 0 saturated carbocycles. The molecule has 4 nitrogen and oxygen atoms in total. The molecule has 0 spiro atoms. The van der Waals surface area contributed by atoms with E-state index in [1.807, 2.05) is 4.57 Å². The number of aliphatic hydroxyl groups excluding tert-OH is 1. The smallest absolute Gasteiger partial charge is 0.191 e. The van der Waals surface area contributed by atoms with E-state index in [2.05, 4.69) is 47.6 Å². The van der Waals surface area contributed by atoms with Gasteiger partial charge in [0.25, 0.3) is 0 Å². The predicted molar refractivity (Wildman–Crippen MR) is 84.0 cm³/mol. The largest absolute Gasteiger partial charge is 0.388 e. The molecule has 6 heteroatoms. The van der Waals surface area contributed by atoms with E-state index in [9.17, 15) is 5.11 Å². The Hall–Kier alpha value is -0.980. The molecular weight excluding hydrogens is 290 g/mol. The molecule has 2 aromatic rings. The summed E-state index contributed by atoms with van der Waals surface area (Å²) in [5.74, 6) is 1.51. The highest BCUT2D eigenvalue weighted by atomic mass is 32.2. The molecule has 0 unspecified atom stereocenters. The first-order chi connectivity index (χ1) is 9.80. The molecule has 1 aromatic carbocycles. The lowest BCUT2D eigenvalue weighted by Crippen LogP contribution is -2.04. The van der Waals surface area contributed by atoms with Crippen molar-refractivity contribution in [2.45, 2.75) is 42.3 Å². The maximum absolute atomic E-state index is 9.29. The Kier molecular flexibility index (Phi) is 5.94. The fraction of sp³-hybridized carbons (Fsp3) is 0.429. The molecule has 2 rings (SSSR count). The predicted octanol–water partition coefficient (Wildman–Crippen LogP) is 3.19. The van der Waals surface area contributed by atoms with E-state index in [0.717, 1.165) is 23.9 Å². The average Bonchev–Trinajstić information content (AvgIpc) is 2.88. The summed E-state index contributed by atoms with van der Waals surface area (Å²) < 4.78 is 2.01. The number of rotatable bonds is 7. The van der Waals surface area contributed by atoms with Crippen LogP contribution in [0.1, 0.15) is 24.7 Å². The van der Waals surface area contributed by atoms with E-state index in [-0.39, 0.29) is 6.61 Å². The van der Waals surface area contributed by atoms with E-state index in [1.165, 1.54) is 10.5 Å². The molecule has 20 heavy (non-hydrogen) atoms. The fourth-order valence-corrected chi connectivity index (χ4v) is 3.65. The van der Waals surface area contributed by atoms with Crippen molar-refractivity contribution >= 4 is 23.5 Å². The van der Waals surface area contributed by atoms with Gasteiger partial charge >= 0.3 is 0 Å². The van der Waals surface area contributed by atoms with Crippen LogP contribution in [0.2, 0.25) is 0 Å². The summed E-state index contributed by atoms with van der Waals surface area (Å²) in [6.45, 7) is 2.89. The summed E-state index contributed by atoms with van der Waals surface area (Å²) in [6, 6.07) is 8.40. The van der Waals surface area contributed by atoms with Crippen molar-refractivity contribution in [2.24, 2.45) is 0 Å². The zero-order valence-corrected chi connectivity index (χ0v) is 13.4.